The maximum atomic E-state index is 11.3. The Balaban J connectivity index is 0.000000861. The highest BCUT2D eigenvalue weighted by Crippen LogP contribution is 2.08. The summed E-state index contributed by atoms with van der Waals surface area (Å²) >= 11 is 0. The van der Waals surface area contributed by atoms with Crippen molar-refractivity contribution in [2.24, 2.45) is 0 Å². The Labute approximate surface area is 111 Å². The summed E-state index contributed by atoms with van der Waals surface area (Å²) in [6.45, 7) is 5.98. The molecule has 0 saturated heterocycles. The Kier molecular flexibility index (Phi) is 5.74. The highest BCUT2D eigenvalue weighted by molar-refractivity contribution is 5.88. The highest BCUT2D eigenvalue weighted by Gasteiger charge is 2.05. The van der Waals surface area contributed by atoms with Crippen LogP contribution in [0.3, 0.4) is 0 Å². The Bertz CT molecular complexity index is 538. The molecule has 2 aromatic rings. The molecule has 7 nitrogen and oxygen atoms in total. The number of fused-ring (bicyclic) bond motifs is 1. The molecule has 0 fully saturated rings. The molecule has 0 aliphatic carbocycles. The first-order valence-electron chi connectivity index (χ1n) is 6.18. The molecular weight excluding hydrogens is 246 g/mol. The van der Waals surface area contributed by atoms with E-state index in [0.717, 1.165) is 5.69 Å². The fourth-order valence-corrected chi connectivity index (χ4v) is 1.37. The van der Waals surface area contributed by atoms with Crippen LogP contribution in [0, 0.1) is 6.92 Å². The number of aliphatic hydroxyl groups is 1. The number of nitrogens with zero attached hydrogens (tertiary/aromatic N) is 3. The van der Waals surface area contributed by atoms with Gasteiger partial charge < -0.3 is 10.4 Å². The zero-order chi connectivity index (χ0) is 14.3. The lowest BCUT2D eigenvalue weighted by atomic mass is 10.4. The number of rotatable bonds is 3. The number of aliphatic hydroxyl groups excluding tert-OH is 1. The van der Waals surface area contributed by atoms with E-state index in [4.69, 9.17) is 5.11 Å². The van der Waals surface area contributed by atoms with Gasteiger partial charge in [0.25, 0.3) is 0 Å². The standard InChI is InChI=1S/C10H13N5O2.C2H6/c1-7-2-3-9-12-8(6-15(9)14-7)13-10(17)11-4-5-16;1-2/h2-3,6,16H,4-5H2,1H3,(H2,11,13,17);1-2H3. The summed E-state index contributed by atoms with van der Waals surface area (Å²) in [5, 5.41) is 17.8. The number of amides is 2. The first-order chi connectivity index (χ1) is 9.19. The number of carbonyl (C=O) groups is 1. The van der Waals surface area contributed by atoms with E-state index < -0.39 is 6.03 Å². The van der Waals surface area contributed by atoms with Gasteiger partial charge in [-0.15, -0.1) is 0 Å². The molecule has 0 radical (unpaired) electrons. The number of anilines is 1. The number of carbonyl (C=O) groups excluding carboxylic acids is 1. The van der Waals surface area contributed by atoms with Gasteiger partial charge in [0.15, 0.2) is 11.5 Å². The van der Waals surface area contributed by atoms with Crippen LogP contribution in [0.5, 0.6) is 0 Å². The maximum absolute atomic E-state index is 11.3. The van der Waals surface area contributed by atoms with Gasteiger partial charge in [-0.2, -0.15) is 5.10 Å². The zero-order valence-electron chi connectivity index (χ0n) is 11.3. The summed E-state index contributed by atoms with van der Waals surface area (Å²) < 4.78 is 1.59. The van der Waals surface area contributed by atoms with Crippen LogP contribution >= 0.6 is 0 Å². The molecule has 3 N–H and O–H groups in total. The second-order valence-corrected chi connectivity index (χ2v) is 3.51. The van der Waals surface area contributed by atoms with Gasteiger partial charge in [0, 0.05) is 6.54 Å². The zero-order valence-corrected chi connectivity index (χ0v) is 11.3. The summed E-state index contributed by atoms with van der Waals surface area (Å²) in [5.41, 5.74) is 1.53. The van der Waals surface area contributed by atoms with Crippen molar-refractivity contribution in [2.45, 2.75) is 20.8 Å². The van der Waals surface area contributed by atoms with Crippen molar-refractivity contribution in [3.63, 3.8) is 0 Å². The van der Waals surface area contributed by atoms with Crippen LogP contribution in [0.2, 0.25) is 0 Å². The third kappa shape index (κ3) is 4.22. The van der Waals surface area contributed by atoms with E-state index in [2.05, 4.69) is 20.7 Å². The minimum Gasteiger partial charge on any atom is -0.395 e. The second-order valence-electron chi connectivity index (χ2n) is 3.51. The SMILES string of the molecule is CC.Cc1ccc2nc(NC(=O)NCCO)cn2n1. The van der Waals surface area contributed by atoms with E-state index >= 15 is 0 Å². The van der Waals surface area contributed by atoms with Crippen molar-refractivity contribution in [1.29, 1.82) is 0 Å². The van der Waals surface area contributed by atoms with Gasteiger partial charge in [0.05, 0.1) is 18.5 Å². The third-order valence-corrected chi connectivity index (χ3v) is 2.09. The molecule has 2 amide bonds. The summed E-state index contributed by atoms with van der Waals surface area (Å²) in [6.07, 6.45) is 1.63. The molecule has 0 aliphatic heterocycles. The van der Waals surface area contributed by atoms with E-state index in [1.807, 2.05) is 32.9 Å². The number of hydrogen-bond donors (Lipinski definition) is 3. The largest absolute Gasteiger partial charge is 0.395 e. The van der Waals surface area contributed by atoms with Crippen LogP contribution in [0.25, 0.3) is 5.65 Å². The monoisotopic (exact) mass is 265 g/mol. The summed E-state index contributed by atoms with van der Waals surface area (Å²) in [6, 6.07) is 3.26. The molecule has 0 aromatic carbocycles. The van der Waals surface area contributed by atoms with Crippen molar-refractivity contribution in [2.75, 3.05) is 18.5 Å². The van der Waals surface area contributed by atoms with Crippen LogP contribution in [0.1, 0.15) is 19.5 Å². The van der Waals surface area contributed by atoms with E-state index in [-0.39, 0.29) is 13.2 Å². The van der Waals surface area contributed by atoms with Crippen LogP contribution in [0.15, 0.2) is 18.3 Å². The number of urea groups is 1. The molecular formula is C12H19N5O2. The molecule has 2 aromatic heterocycles. The van der Waals surface area contributed by atoms with Gasteiger partial charge in [-0.05, 0) is 19.1 Å². The van der Waals surface area contributed by atoms with Crippen LogP contribution in [-0.2, 0) is 0 Å². The molecule has 2 heterocycles. The van der Waals surface area contributed by atoms with E-state index in [1.165, 1.54) is 0 Å². The van der Waals surface area contributed by atoms with Gasteiger partial charge in [-0.25, -0.2) is 14.3 Å². The molecule has 7 heteroatoms. The number of aromatic nitrogens is 3. The quantitative estimate of drug-likeness (QED) is 0.777. The molecule has 0 atom stereocenters. The average Bonchev–Trinajstić information content (AvgIpc) is 2.80. The smallest absolute Gasteiger partial charge is 0.320 e. The normalized spacial score (nSPS) is 9.68. The van der Waals surface area contributed by atoms with Gasteiger partial charge in [0.1, 0.15) is 0 Å². The number of nitrogens with one attached hydrogen (secondary N) is 2. The second kappa shape index (κ2) is 7.32. The average molecular weight is 265 g/mol. The Morgan fingerprint density at radius 2 is 2.16 bits per heavy atom. The Hall–Kier alpha value is -2.15. The predicted octanol–water partition coefficient (Wildman–Crippen LogP) is 1.18. The lowest BCUT2D eigenvalue weighted by Crippen LogP contribution is -2.31. The number of hydrogen-bond acceptors (Lipinski definition) is 4. The van der Waals surface area contributed by atoms with Crippen molar-refractivity contribution in [3.8, 4) is 0 Å². The number of aryl methyl sites for hydroxylation is 1. The molecule has 0 bridgehead atoms. The molecule has 0 saturated carbocycles. The van der Waals surface area contributed by atoms with Crippen LogP contribution in [-0.4, -0.2) is 38.9 Å². The van der Waals surface area contributed by atoms with Crippen molar-refractivity contribution in [1.82, 2.24) is 19.9 Å². The Morgan fingerprint density at radius 3 is 2.84 bits per heavy atom. The van der Waals surface area contributed by atoms with Crippen molar-refractivity contribution >= 4 is 17.5 Å². The maximum Gasteiger partial charge on any atom is 0.320 e. The van der Waals surface area contributed by atoms with Gasteiger partial charge >= 0.3 is 6.03 Å². The van der Waals surface area contributed by atoms with Crippen molar-refractivity contribution in [3.05, 3.63) is 24.0 Å². The fraction of sp³-hybridized carbons (Fsp3) is 0.417. The highest BCUT2D eigenvalue weighted by atomic mass is 16.3. The molecule has 19 heavy (non-hydrogen) atoms. The third-order valence-electron chi connectivity index (χ3n) is 2.09. The van der Waals surface area contributed by atoms with E-state index in [0.29, 0.717) is 11.5 Å². The molecule has 2 rings (SSSR count). The van der Waals surface area contributed by atoms with Gasteiger partial charge in [-0.3, -0.25) is 5.32 Å². The summed E-state index contributed by atoms with van der Waals surface area (Å²) in [5.74, 6) is 0.415. The minimum absolute atomic E-state index is 0.0979. The molecule has 104 valence electrons. The topological polar surface area (TPSA) is 91.5 Å². The fourth-order valence-electron chi connectivity index (χ4n) is 1.37. The molecule has 0 aliphatic rings. The number of imidazole rings is 1. The van der Waals surface area contributed by atoms with Gasteiger partial charge in [-0.1, -0.05) is 13.8 Å². The Morgan fingerprint density at radius 1 is 1.42 bits per heavy atom. The summed E-state index contributed by atoms with van der Waals surface area (Å²) in [7, 11) is 0. The van der Waals surface area contributed by atoms with E-state index in [9.17, 15) is 4.79 Å². The summed E-state index contributed by atoms with van der Waals surface area (Å²) in [4.78, 5) is 15.5. The first-order valence-corrected chi connectivity index (χ1v) is 6.18. The van der Waals surface area contributed by atoms with Gasteiger partial charge in [0.2, 0.25) is 0 Å². The lowest BCUT2D eigenvalue weighted by Gasteiger charge is -2.02. The van der Waals surface area contributed by atoms with E-state index in [1.54, 1.807) is 10.7 Å². The lowest BCUT2D eigenvalue weighted by molar-refractivity contribution is 0.244. The molecule has 0 spiro atoms. The first kappa shape index (κ1) is 14.9. The van der Waals surface area contributed by atoms with Crippen LogP contribution in [0.4, 0.5) is 10.6 Å². The van der Waals surface area contributed by atoms with Crippen LogP contribution < -0.4 is 10.6 Å². The predicted molar refractivity (Wildman–Crippen MR) is 73.2 cm³/mol. The molecule has 0 unspecified atom stereocenters. The minimum atomic E-state index is -0.404. The van der Waals surface area contributed by atoms with Crippen molar-refractivity contribution < 1.29 is 9.90 Å².